The van der Waals surface area contributed by atoms with Crippen molar-refractivity contribution in [3.05, 3.63) is 23.2 Å². The Morgan fingerprint density at radius 1 is 1.21 bits per heavy atom. The Kier molecular flexibility index (Phi) is 5.26. The van der Waals surface area contributed by atoms with Crippen molar-refractivity contribution in [1.29, 1.82) is 0 Å². The molecule has 24 heavy (non-hydrogen) atoms. The summed E-state index contributed by atoms with van der Waals surface area (Å²) in [6.45, 7) is 4.97. The normalized spacial score (nSPS) is 20.3. The van der Waals surface area contributed by atoms with Crippen molar-refractivity contribution >= 4 is 31.5 Å². The summed E-state index contributed by atoms with van der Waals surface area (Å²) in [7, 11) is -5.95. The van der Waals surface area contributed by atoms with E-state index in [9.17, 15) is 16.8 Å². The molecule has 0 spiro atoms. The Hall–Kier alpha value is -0.830. The summed E-state index contributed by atoms with van der Waals surface area (Å²) in [5, 5.41) is -0.440. The molecular formula is C15H22ClNO5S2. The van der Waals surface area contributed by atoms with Crippen molar-refractivity contribution in [2.24, 2.45) is 0 Å². The van der Waals surface area contributed by atoms with Crippen LogP contribution in [-0.2, 0) is 19.9 Å². The fourth-order valence-electron chi connectivity index (χ4n) is 2.66. The lowest BCUT2D eigenvalue weighted by Gasteiger charge is -2.24. The summed E-state index contributed by atoms with van der Waals surface area (Å²) in [5.41, 5.74) is 0. The first-order valence-electron chi connectivity index (χ1n) is 7.48. The van der Waals surface area contributed by atoms with E-state index in [1.54, 1.807) is 20.8 Å². The van der Waals surface area contributed by atoms with Crippen LogP contribution in [-0.4, -0.2) is 51.3 Å². The first-order chi connectivity index (χ1) is 10.9. The van der Waals surface area contributed by atoms with Crippen molar-refractivity contribution in [2.45, 2.75) is 42.1 Å². The fourth-order valence-corrected chi connectivity index (χ4v) is 6.47. The summed E-state index contributed by atoms with van der Waals surface area (Å²) >= 11 is 5.91. The number of sulfone groups is 1. The number of nitrogens with zero attached hydrogens (tertiary/aromatic N) is 1. The molecule has 1 aliphatic rings. The molecule has 0 bridgehead atoms. The molecule has 0 amide bonds. The minimum Gasteiger partial charge on any atom is -0.495 e. The molecule has 1 aromatic carbocycles. The molecule has 9 heteroatoms. The van der Waals surface area contributed by atoms with Gasteiger partial charge in [-0.05, 0) is 45.4 Å². The Morgan fingerprint density at radius 3 is 2.38 bits per heavy atom. The summed E-state index contributed by atoms with van der Waals surface area (Å²) in [6.07, 6.45) is 0.279. The zero-order valence-corrected chi connectivity index (χ0v) is 16.5. The SMILES string of the molecule is COc1ccc(Cl)cc1S(=O)(=O)N1CC[C@@H](S(=O)(=O)C(C)(C)C)C1. The summed E-state index contributed by atoms with van der Waals surface area (Å²) in [6, 6.07) is 4.34. The van der Waals surface area contributed by atoms with Gasteiger partial charge in [-0.1, -0.05) is 11.6 Å². The number of halogens is 1. The molecule has 0 radical (unpaired) electrons. The van der Waals surface area contributed by atoms with Gasteiger partial charge in [0.15, 0.2) is 9.84 Å². The van der Waals surface area contributed by atoms with E-state index in [1.165, 1.54) is 29.6 Å². The van der Waals surface area contributed by atoms with Crippen LogP contribution in [0.25, 0.3) is 0 Å². The maximum absolute atomic E-state index is 12.9. The molecular weight excluding hydrogens is 374 g/mol. The number of rotatable bonds is 4. The number of methoxy groups -OCH3 is 1. The van der Waals surface area contributed by atoms with Crippen molar-refractivity contribution in [3.8, 4) is 5.75 Å². The van der Waals surface area contributed by atoms with Gasteiger partial charge in [0, 0.05) is 18.1 Å². The van der Waals surface area contributed by atoms with Crippen LogP contribution < -0.4 is 4.74 Å². The molecule has 1 atom stereocenters. The Morgan fingerprint density at radius 2 is 1.83 bits per heavy atom. The van der Waals surface area contributed by atoms with Crippen LogP contribution in [0.4, 0.5) is 0 Å². The van der Waals surface area contributed by atoms with E-state index in [0.717, 1.165) is 0 Å². The van der Waals surface area contributed by atoms with Gasteiger partial charge in [0.25, 0.3) is 0 Å². The molecule has 0 aromatic heterocycles. The summed E-state index contributed by atoms with van der Waals surface area (Å²) in [4.78, 5) is -0.0497. The Labute approximate surface area is 148 Å². The van der Waals surface area contributed by atoms with Crippen molar-refractivity contribution in [2.75, 3.05) is 20.2 Å². The molecule has 1 heterocycles. The number of hydrogen-bond donors (Lipinski definition) is 0. The third-order valence-electron chi connectivity index (χ3n) is 4.14. The van der Waals surface area contributed by atoms with Crippen LogP contribution in [0.15, 0.2) is 23.1 Å². The maximum atomic E-state index is 12.9. The lowest BCUT2D eigenvalue weighted by atomic mass is 10.3. The molecule has 1 fully saturated rings. The average Bonchev–Trinajstić information content (AvgIpc) is 2.97. The standard InChI is InChI=1S/C15H22ClNO5S2/c1-15(2,3)23(18,19)12-7-8-17(10-12)24(20,21)14-9-11(16)5-6-13(14)22-4/h5-6,9,12H,7-8,10H2,1-4H3/t12-/m1/s1. The fraction of sp³-hybridized carbons (Fsp3) is 0.600. The lowest BCUT2D eigenvalue weighted by molar-refractivity contribution is 0.398. The molecule has 0 unspecified atom stereocenters. The van der Waals surface area contributed by atoms with Gasteiger partial charge in [0.05, 0.1) is 17.1 Å². The smallest absolute Gasteiger partial charge is 0.246 e. The lowest BCUT2D eigenvalue weighted by Crippen LogP contribution is -2.39. The van der Waals surface area contributed by atoms with E-state index in [1.807, 2.05) is 0 Å². The van der Waals surface area contributed by atoms with Crippen LogP contribution in [0.5, 0.6) is 5.75 Å². The average molecular weight is 396 g/mol. The molecule has 1 aliphatic heterocycles. The van der Waals surface area contributed by atoms with Crippen LogP contribution in [0.1, 0.15) is 27.2 Å². The number of benzene rings is 1. The van der Waals surface area contributed by atoms with Gasteiger partial charge in [0.2, 0.25) is 10.0 Å². The van der Waals surface area contributed by atoms with Crippen molar-refractivity contribution < 1.29 is 21.6 Å². The van der Waals surface area contributed by atoms with Gasteiger partial charge >= 0.3 is 0 Å². The molecule has 1 saturated heterocycles. The Bertz CT molecular complexity index is 828. The van der Waals surface area contributed by atoms with E-state index < -0.39 is 29.9 Å². The highest BCUT2D eigenvalue weighted by atomic mass is 35.5. The molecule has 6 nitrogen and oxygen atoms in total. The minimum atomic E-state index is -3.88. The van der Waals surface area contributed by atoms with Crippen LogP contribution in [0.2, 0.25) is 5.02 Å². The van der Waals surface area contributed by atoms with Gasteiger partial charge in [0.1, 0.15) is 10.6 Å². The second kappa shape index (κ2) is 6.48. The minimum absolute atomic E-state index is 0.0497. The largest absolute Gasteiger partial charge is 0.495 e. The highest BCUT2D eigenvalue weighted by molar-refractivity contribution is 7.93. The monoisotopic (exact) mass is 395 g/mol. The summed E-state index contributed by atoms with van der Waals surface area (Å²) in [5.74, 6) is 0.182. The van der Waals surface area contributed by atoms with Crippen LogP contribution >= 0.6 is 11.6 Å². The molecule has 2 rings (SSSR count). The highest BCUT2D eigenvalue weighted by Crippen LogP contribution is 2.34. The molecule has 136 valence electrons. The first kappa shape index (κ1) is 19.5. The molecule has 0 aliphatic carbocycles. The number of ether oxygens (including phenoxy) is 1. The van der Waals surface area contributed by atoms with Gasteiger partial charge in [-0.3, -0.25) is 0 Å². The second-order valence-electron chi connectivity index (χ2n) is 6.73. The third-order valence-corrected chi connectivity index (χ3v) is 9.23. The third kappa shape index (κ3) is 3.42. The molecule has 0 N–H and O–H groups in total. The van der Waals surface area contributed by atoms with E-state index >= 15 is 0 Å². The summed E-state index contributed by atoms with van der Waals surface area (Å²) < 4.78 is 56.3. The molecule has 0 saturated carbocycles. The zero-order valence-electron chi connectivity index (χ0n) is 14.1. The quantitative estimate of drug-likeness (QED) is 0.781. The maximum Gasteiger partial charge on any atom is 0.246 e. The van der Waals surface area contributed by atoms with Gasteiger partial charge < -0.3 is 4.74 Å². The van der Waals surface area contributed by atoms with Crippen LogP contribution in [0, 0.1) is 0 Å². The Balaban J connectivity index is 2.36. The van der Waals surface area contributed by atoms with E-state index in [4.69, 9.17) is 16.3 Å². The number of sulfonamides is 1. The predicted molar refractivity (Wildman–Crippen MR) is 93.8 cm³/mol. The van der Waals surface area contributed by atoms with Gasteiger partial charge in [-0.2, -0.15) is 4.31 Å². The van der Waals surface area contributed by atoms with E-state index in [2.05, 4.69) is 0 Å². The van der Waals surface area contributed by atoms with Crippen LogP contribution in [0.3, 0.4) is 0 Å². The molecule has 1 aromatic rings. The highest BCUT2D eigenvalue weighted by Gasteiger charge is 2.44. The van der Waals surface area contributed by atoms with Gasteiger partial charge in [-0.25, -0.2) is 16.8 Å². The zero-order chi connectivity index (χ0) is 18.3. The number of hydrogen-bond acceptors (Lipinski definition) is 5. The van der Waals surface area contributed by atoms with Gasteiger partial charge in [-0.15, -0.1) is 0 Å². The predicted octanol–water partition coefficient (Wildman–Crippen LogP) is 2.32. The topological polar surface area (TPSA) is 80.8 Å². The van der Waals surface area contributed by atoms with Crippen molar-refractivity contribution in [3.63, 3.8) is 0 Å². The van der Waals surface area contributed by atoms with Crippen molar-refractivity contribution in [1.82, 2.24) is 4.31 Å². The van der Waals surface area contributed by atoms with E-state index in [-0.39, 0.29) is 35.2 Å². The second-order valence-corrected chi connectivity index (χ2v) is 12.1. The van der Waals surface area contributed by atoms with E-state index in [0.29, 0.717) is 0 Å². The first-order valence-corrected chi connectivity index (χ1v) is 10.8.